The molecule has 0 fully saturated rings. The van der Waals surface area contributed by atoms with Crippen LogP contribution < -0.4 is 5.32 Å². The van der Waals surface area contributed by atoms with Crippen molar-refractivity contribution in [2.24, 2.45) is 0 Å². The van der Waals surface area contributed by atoms with Gasteiger partial charge >= 0.3 is 5.97 Å². The molecular formula is C20H19Cl2NO3. The molecule has 6 heteroatoms. The predicted molar refractivity (Wildman–Crippen MR) is 103 cm³/mol. The Hall–Kier alpha value is -2.04. The minimum atomic E-state index is -0.927. The Balaban J connectivity index is 1.55. The van der Waals surface area contributed by atoms with E-state index in [2.05, 4.69) is 17.4 Å². The first-order chi connectivity index (χ1) is 12.4. The van der Waals surface area contributed by atoms with Gasteiger partial charge < -0.3 is 10.1 Å². The average Bonchev–Trinajstić information content (AvgIpc) is 3.04. The van der Waals surface area contributed by atoms with Crippen molar-refractivity contribution in [3.05, 3.63) is 63.1 Å². The largest absolute Gasteiger partial charge is 0.452 e. The number of hydrogen-bond donors (Lipinski definition) is 1. The van der Waals surface area contributed by atoms with Gasteiger partial charge in [-0.1, -0.05) is 41.4 Å². The van der Waals surface area contributed by atoms with Gasteiger partial charge in [0.15, 0.2) is 6.10 Å². The van der Waals surface area contributed by atoms with Crippen molar-refractivity contribution in [2.75, 3.05) is 5.32 Å². The first-order valence-corrected chi connectivity index (χ1v) is 9.24. The number of nitrogens with one attached hydrogen (secondary N) is 1. The number of ether oxygens (including phenoxy) is 1. The number of hydrogen-bond acceptors (Lipinski definition) is 3. The van der Waals surface area contributed by atoms with Gasteiger partial charge in [0.25, 0.3) is 5.91 Å². The Kier molecular flexibility index (Phi) is 5.84. The third-order valence-corrected chi connectivity index (χ3v) is 4.93. The van der Waals surface area contributed by atoms with Gasteiger partial charge in [-0.15, -0.1) is 0 Å². The van der Waals surface area contributed by atoms with Crippen LogP contribution in [0.2, 0.25) is 10.0 Å². The summed E-state index contributed by atoms with van der Waals surface area (Å²) in [6.45, 7) is 1.53. The molecule has 26 heavy (non-hydrogen) atoms. The maximum absolute atomic E-state index is 12.2. The van der Waals surface area contributed by atoms with Gasteiger partial charge in [-0.3, -0.25) is 9.59 Å². The van der Waals surface area contributed by atoms with Crippen LogP contribution >= 0.6 is 23.2 Å². The predicted octanol–water partition coefficient (Wildman–Crippen LogP) is 4.60. The van der Waals surface area contributed by atoms with Gasteiger partial charge in [-0.2, -0.15) is 0 Å². The van der Waals surface area contributed by atoms with Gasteiger partial charge in [0.1, 0.15) is 0 Å². The second-order valence-electron chi connectivity index (χ2n) is 6.38. The molecule has 0 saturated heterocycles. The number of halogens is 2. The Morgan fingerprint density at radius 1 is 1.12 bits per heavy atom. The normalized spacial score (nSPS) is 13.8. The fourth-order valence-electron chi connectivity index (χ4n) is 3.02. The second kappa shape index (κ2) is 8.11. The highest BCUT2D eigenvalue weighted by Crippen LogP contribution is 2.26. The molecule has 0 heterocycles. The lowest BCUT2D eigenvalue weighted by Gasteiger charge is -2.14. The number of fused-ring (bicyclic) bond motifs is 1. The highest BCUT2D eigenvalue weighted by Gasteiger charge is 2.20. The van der Waals surface area contributed by atoms with Crippen molar-refractivity contribution in [2.45, 2.75) is 38.7 Å². The molecule has 3 rings (SSSR count). The first kappa shape index (κ1) is 18.7. The maximum Gasteiger partial charge on any atom is 0.311 e. The molecule has 1 aliphatic rings. The number of anilines is 1. The zero-order valence-electron chi connectivity index (χ0n) is 14.4. The van der Waals surface area contributed by atoms with Crippen LogP contribution in [0.5, 0.6) is 0 Å². The van der Waals surface area contributed by atoms with E-state index in [1.165, 1.54) is 24.1 Å². The molecule has 1 N–H and O–H groups in total. The summed E-state index contributed by atoms with van der Waals surface area (Å²) in [4.78, 5) is 24.4. The summed E-state index contributed by atoms with van der Waals surface area (Å²) in [6.07, 6.45) is 2.53. The Labute approximate surface area is 162 Å². The van der Waals surface area contributed by atoms with E-state index in [9.17, 15) is 9.59 Å². The van der Waals surface area contributed by atoms with Crippen molar-refractivity contribution in [1.82, 2.24) is 0 Å². The molecular weight excluding hydrogens is 373 g/mol. The molecule has 2 aromatic carbocycles. The Morgan fingerprint density at radius 2 is 1.88 bits per heavy atom. The Morgan fingerprint density at radius 3 is 2.65 bits per heavy atom. The summed E-state index contributed by atoms with van der Waals surface area (Å²) in [5.41, 5.74) is 3.99. The van der Waals surface area contributed by atoms with Crippen LogP contribution in [-0.4, -0.2) is 18.0 Å². The van der Waals surface area contributed by atoms with Crippen LogP contribution in [0.4, 0.5) is 5.69 Å². The summed E-state index contributed by atoms with van der Waals surface area (Å²) in [5.74, 6) is -0.885. The molecule has 1 aliphatic carbocycles. The van der Waals surface area contributed by atoms with Crippen molar-refractivity contribution in [1.29, 1.82) is 0 Å². The van der Waals surface area contributed by atoms with Crippen molar-refractivity contribution < 1.29 is 14.3 Å². The van der Waals surface area contributed by atoms with Gasteiger partial charge in [0.2, 0.25) is 0 Å². The summed E-state index contributed by atoms with van der Waals surface area (Å²) < 4.78 is 5.25. The number of benzene rings is 2. The summed E-state index contributed by atoms with van der Waals surface area (Å²) >= 11 is 11.9. The molecule has 0 aliphatic heterocycles. The molecule has 0 bridgehead atoms. The molecule has 0 aromatic heterocycles. The van der Waals surface area contributed by atoms with Crippen LogP contribution in [0.25, 0.3) is 0 Å². The number of carbonyl (C=O) groups excluding carboxylic acids is 2. The minimum absolute atomic E-state index is 0.145. The van der Waals surface area contributed by atoms with Crippen LogP contribution in [0, 0.1) is 0 Å². The minimum Gasteiger partial charge on any atom is -0.452 e. The van der Waals surface area contributed by atoms with Crippen LogP contribution in [0.15, 0.2) is 36.4 Å². The number of amides is 1. The SMILES string of the molecule is C[C@@H](OC(=O)Cc1ccc2c(c1)CCC2)C(=O)Nc1ccc(Cl)cc1Cl. The van der Waals surface area contributed by atoms with Crippen LogP contribution in [0.3, 0.4) is 0 Å². The lowest BCUT2D eigenvalue weighted by molar-refractivity contribution is -0.152. The number of rotatable bonds is 5. The second-order valence-corrected chi connectivity index (χ2v) is 7.22. The molecule has 0 saturated carbocycles. The zero-order valence-corrected chi connectivity index (χ0v) is 15.9. The Bertz CT molecular complexity index is 851. The van der Waals surface area contributed by atoms with Crippen molar-refractivity contribution in [3.63, 3.8) is 0 Å². The smallest absolute Gasteiger partial charge is 0.311 e. The lowest BCUT2D eigenvalue weighted by Crippen LogP contribution is -2.30. The standard InChI is InChI=1S/C20H19Cl2NO3/c1-12(20(25)23-18-8-7-16(21)11-17(18)22)26-19(24)10-13-5-6-14-3-2-4-15(14)9-13/h5-9,11-12H,2-4,10H2,1H3,(H,23,25)/t12-/m1/s1. The highest BCUT2D eigenvalue weighted by atomic mass is 35.5. The molecule has 1 amide bonds. The van der Waals surface area contributed by atoms with E-state index in [0.717, 1.165) is 24.8 Å². The summed E-state index contributed by atoms with van der Waals surface area (Å²) in [5, 5.41) is 3.43. The van der Waals surface area contributed by atoms with E-state index >= 15 is 0 Å². The topological polar surface area (TPSA) is 55.4 Å². The molecule has 136 valence electrons. The molecule has 4 nitrogen and oxygen atoms in total. The van der Waals surface area contributed by atoms with Crippen LogP contribution in [0.1, 0.15) is 30.0 Å². The average molecular weight is 392 g/mol. The molecule has 0 spiro atoms. The summed E-state index contributed by atoms with van der Waals surface area (Å²) in [6, 6.07) is 10.8. The third kappa shape index (κ3) is 4.57. The van der Waals surface area contributed by atoms with Crippen LogP contribution in [-0.2, 0) is 33.6 Å². The quantitative estimate of drug-likeness (QED) is 0.757. The van der Waals surface area contributed by atoms with E-state index in [-0.39, 0.29) is 6.42 Å². The highest BCUT2D eigenvalue weighted by molar-refractivity contribution is 6.36. The lowest BCUT2D eigenvalue weighted by atomic mass is 10.0. The van der Waals surface area contributed by atoms with Crippen molar-refractivity contribution in [3.8, 4) is 0 Å². The monoisotopic (exact) mass is 391 g/mol. The van der Waals surface area contributed by atoms with E-state index in [1.54, 1.807) is 12.1 Å². The van der Waals surface area contributed by atoms with E-state index in [0.29, 0.717) is 15.7 Å². The third-order valence-electron chi connectivity index (χ3n) is 4.38. The maximum atomic E-state index is 12.2. The fraction of sp³-hybridized carbons (Fsp3) is 0.300. The molecule has 0 unspecified atom stereocenters. The fourth-order valence-corrected chi connectivity index (χ4v) is 3.48. The number of aryl methyl sites for hydroxylation is 2. The summed E-state index contributed by atoms with van der Waals surface area (Å²) in [7, 11) is 0. The number of carbonyl (C=O) groups is 2. The molecule has 2 aromatic rings. The van der Waals surface area contributed by atoms with Gasteiger partial charge in [0.05, 0.1) is 17.1 Å². The van der Waals surface area contributed by atoms with E-state index in [1.807, 2.05) is 6.07 Å². The zero-order chi connectivity index (χ0) is 18.7. The molecule has 1 atom stereocenters. The molecule has 0 radical (unpaired) electrons. The van der Waals surface area contributed by atoms with Gasteiger partial charge in [-0.25, -0.2) is 0 Å². The van der Waals surface area contributed by atoms with E-state index in [4.69, 9.17) is 27.9 Å². The van der Waals surface area contributed by atoms with Gasteiger partial charge in [-0.05, 0) is 61.1 Å². The van der Waals surface area contributed by atoms with Crippen molar-refractivity contribution >= 4 is 40.8 Å². The first-order valence-electron chi connectivity index (χ1n) is 8.48. The van der Waals surface area contributed by atoms with Gasteiger partial charge in [0, 0.05) is 5.02 Å². The van der Waals surface area contributed by atoms with E-state index < -0.39 is 18.0 Å². The number of esters is 1.